The second-order valence-electron chi connectivity index (χ2n) is 6.99. The lowest BCUT2D eigenvalue weighted by Crippen LogP contribution is -2.30. The third kappa shape index (κ3) is 5.38. The van der Waals surface area contributed by atoms with Gasteiger partial charge in [0.1, 0.15) is 5.82 Å². The quantitative estimate of drug-likeness (QED) is 0.826. The van der Waals surface area contributed by atoms with E-state index in [0.29, 0.717) is 6.54 Å². The SMILES string of the molecule is CN(CC(=O)Nc1ccccc1CN1CCCC1)Cc1ccc(F)cc1. The fourth-order valence-electron chi connectivity index (χ4n) is 3.35. The fourth-order valence-corrected chi connectivity index (χ4v) is 3.35. The average Bonchev–Trinajstić information content (AvgIpc) is 3.11. The number of benzene rings is 2. The summed E-state index contributed by atoms with van der Waals surface area (Å²) in [6, 6.07) is 14.4. The van der Waals surface area contributed by atoms with Gasteiger partial charge in [-0.3, -0.25) is 14.6 Å². The second-order valence-corrected chi connectivity index (χ2v) is 6.99. The van der Waals surface area contributed by atoms with Crippen molar-refractivity contribution in [1.29, 1.82) is 0 Å². The Morgan fingerprint density at radius 1 is 1.12 bits per heavy atom. The van der Waals surface area contributed by atoms with Gasteiger partial charge in [0.25, 0.3) is 0 Å². The van der Waals surface area contributed by atoms with Crippen molar-refractivity contribution in [2.75, 3.05) is 32.0 Å². The van der Waals surface area contributed by atoms with Gasteiger partial charge in [-0.25, -0.2) is 4.39 Å². The largest absolute Gasteiger partial charge is 0.325 e. The van der Waals surface area contributed by atoms with E-state index >= 15 is 0 Å². The summed E-state index contributed by atoms with van der Waals surface area (Å²) in [7, 11) is 1.89. The first-order valence-corrected chi connectivity index (χ1v) is 9.13. The number of hydrogen-bond acceptors (Lipinski definition) is 3. The average molecular weight is 355 g/mol. The molecule has 5 heteroatoms. The van der Waals surface area contributed by atoms with Crippen molar-refractivity contribution < 1.29 is 9.18 Å². The van der Waals surface area contributed by atoms with Crippen molar-refractivity contribution in [1.82, 2.24) is 9.80 Å². The molecule has 0 aromatic heterocycles. The van der Waals surface area contributed by atoms with Gasteiger partial charge in [0, 0.05) is 18.8 Å². The molecule has 138 valence electrons. The zero-order valence-electron chi connectivity index (χ0n) is 15.2. The smallest absolute Gasteiger partial charge is 0.238 e. The number of halogens is 1. The van der Waals surface area contributed by atoms with Crippen LogP contribution in [-0.4, -0.2) is 42.4 Å². The van der Waals surface area contributed by atoms with Crippen molar-refractivity contribution in [3.63, 3.8) is 0 Å². The Morgan fingerprint density at radius 3 is 2.54 bits per heavy atom. The number of likely N-dealkylation sites (tertiary alicyclic amines) is 1. The van der Waals surface area contributed by atoms with Crippen molar-refractivity contribution in [3.05, 3.63) is 65.5 Å². The van der Waals surface area contributed by atoms with E-state index < -0.39 is 0 Å². The van der Waals surface area contributed by atoms with Crippen LogP contribution in [0.3, 0.4) is 0 Å². The number of nitrogens with one attached hydrogen (secondary N) is 1. The third-order valence-corrected chi connectivity index (χ3v) is 4.66. The van der Waals surface area contributed by atoms with E-state index in [1.54, 1.807) is 12.1 Å². The summed E-state index contributed by atoms with van der Waals surface area (Å²) in [4.78, 5) is 16.8. The molecule has 1 aliphatic rings. The van der Waals surface area contributed by atoms with Crippen LogP contribution in [0.2, 0.25) is 0 Å². The van der Waals surface area contributed by atoms with E-state index in [1.807, 2.05) is 30.1 Å². The number of nitrogens with zero attached hydrogens (tertiary/aromatic N) is 2. The molecule has 1 saturated heterocycles. The Morgan fingerprint density at radius 2 is 1.81 bits per heavy atom. The van der Waals surface area contributed by atoms with Gasteiger partial charge < -0.3 is 5.32 Å². The molecule has 0 spiro atoms. The van der Waals surface area contributed by atoms with Gasteiger partial charge in [-0.05, 0) is 62.3 Å². The zero-order valence-corrected chi connectivity index (χ0v) is 15.2. The number of anilines is 1. The highest BCUT2D eigenvalue weighted by Crippen LogP contribution is 2.20. The predicted octanol–water partition coefficient (Wildman–Crippen LogP) is 3.49. The predicted molar refractivity (Wildman–Crippen MR) is 102 cm³/mol. The topological polar surface area (TPSA) is 35.6 Å². The molecule has 0 unspecified atom stereocenters. The molecule has 26 heavy (non-hydrogen) atoms. The third-order valence-electron chi connectivity index (χ3n) is 4.66. The lowest BCUT2D eigenvalue weighted by Gasteiger charge is -2.19. The first kappa shape index (κ1) is 18.5. The highest BCUT2D eigenvalue weighted by Gasteiger charge is 2.15. The summed E-state index contributed by atoms with van der Waals surface area (Å²) in [5.74, 6) is -0.285. The molecule has 4 nitrogen and oxygen atoms in total. The molecule has 1 fully saturated rings. The minimum atomic E-state index is -0.247. The number of amides is 1. The minimum Gasteiger partial charge on any atom is -0.325 e. The monoisotopic (exact) mass is 355 g/mol. The Bertz CT molecular complexity index is 726. The van der Waals surface area contributed by atoms with Crippen molar-refractivity contribution in [3.8, 4) is 0 Å². The highest BCUT2D eigenvalue weighted by atomic mass is 19.1. The number of para-hydroxylation sites is 1. The number of likely N-dealkylation sites (N-methyl/N-ethyl adjacent to an activating group) is 1. The minimum absolute atomic E-state index is 0.0384. The van der Waals surface area contributed by atoms with Gasteiger partial charge in [-0.1, -0.05) is 30.3 Å². The van der Waals surface area contributed by atoms with Crippen LogP contribution in [0.5, 0.6) is 0 Å². The molecule has 0 aliphatic carbocycles. The molecule has 0 saturated carbocycles. The number of carbonyl (C=O) groups excluding carboxylic acids is 1. The van der Waals surface area contributed by atoms with Gasteiger partial charge in [-0.2, -0.15) is 0 Å². The molecule has 1 amide bonds. The van der Waals surface area contributed by atoms with Crippen LogP contribution >= 0.6 is 0 Å². The first-order valence-electron chi connectivity index (χ1n) is 9.13. The zero-order chi connectivity index (χ0) is 18.4. The number of carbonyl (C=O) groups is 1. The molecule has 0 bridgehead atoms. The summed E-state index contributed by atoms with van der Waals surface area (Å²) in [5.41, 5.74) is 3.03. The van der Waals surface area contributed by atoms with Gasteiger partial charge >= 0.3 is 0 Å². The molecule has 1 heterocycles. The van der Waals surface area contributed by atoms with E-state index in [9.17, 15) is 9.18 Å². The molecule has 0 radical (unpaired) electrons. The van der Waals surface area contributed by atoms with E-state index in [-0.39, 0.29) is 18.3 Å². The Kier molecular flexibility index (Phi) is 6.36. The summed E-state index contributed by atoms with van der Waals surface area (Å²) < 4.78 is 13.0. The highest BCUT2D eigenvalue weighted by molar-refractivity contribution is 5.92. The molecular formula is C21H26FN3O. The Labute approximate surface area is 154 Å². The maximum atomic E-state index is 13.0. The second kappa shape index (κ2) is 8.92. The molecule has 2 aromatic rings. The van der Waals surface area contributed by atoms with E-state index in [2.05, 4.69) is 16.3 Å². The molecule has 0 atom stereocenters. The van der Waals surface area contributed by atoms with Crippen LogP contribution in [0.15, 0.2) is 48.5 Å². The van der Waals surface area contributed by atoms with Crippen LogP contribution in [0.25, 0.3) is 0 Å². The van der Waals surface area contributed by atoms with Gasteiger partial charge in [-0.15, -0.1) is 0 Å². The Balaban J connectivity index is 1.54. The van der Waals surface area contributed by atoms with Crippen LogP contribution in [-0.2, 0) is 17.9 Å². The van der Waals surface area contributed by atoms with Crippen LogP contribution in [0.1, 0.15) is 24.0 Å². The van der Waals surface area contributed by atoms with Crippen molar-refractivity contribution in [2.45, 2.75) is 25.9 Å². The molecule has 2 aromatic carbocycles. The van der Waals surface area contributed by atoms with Crippen molar-refractivity contribution in [2.24, 2.45) is 0 Å². The lowest BCUT2D eigenvalue weighted by atomic mass is 10.1. The summed E-state index contributed by atoms with van der Waals surface area (Å²) in [5, 5.41) is 3.04. The van der Waals surface area contributed by atoms with Crippen LogP contribution in [0.4, 0.5) is 10.1 Å². The maximum absolute atomic E-state index is 13.0. The lowest BCUT2D eigenvalue weighted by molar-refractivity contribution is -0.117. The first-order chi connectivity index (χ1) is 12.6. The van der Waals surface area contributed by atoms with Crippen LogP contribution in [0, 0.1) is 5.82 Å². The van der Waals surface area contributed by atoms with Crippen LogP contribution < -0.4 is 5.32 Å². The maximum Gasteiger partial charge on any atom is 0.238 e. The van der Waals surface area contributed by atoms with Gasteiger partial charge in [0.2, 0.25) is 5.91 Å². The van der Waals surface area contributed by atoms with Gasteiger partial charge in [0.15, 0.2) is 0 Å². The number of hydrogen-bond donors (Lipinski definition) is 1. The normalized spacial score (nSPS) is 14.7. The van der Waals surface area contributed by atoms with E-state index in [1.165, 1.54) is 25.0 Å². The molecule has 1 aliphatic heterocycles. The summed E-state index contributed by atoms with van der Waals surface area (Å²) >= 11 is 0. The molecule has 3 rings (SSSR count). The van der Waals surface area contributed by atoms with E-state index in [0.717, 1.165) is 36.4 Å². The number of rotatable bonds is 7. The summed E-state index contributed by atoms with van der Waals surface area (Å²) in [6.07, 6.45) is 2.51. The molecular weight excluding hydrogens is 329 g/mol. The summed E-state index contributed by atoms with van der Waals surface area (Å²) in [6.45, 7) is 4.02. The fraction of sp³-hybridized carbons (Fsp3) is 0.381. The molecule has 1 N–H and O–H groups in total. The standard InChI is InChI=1S/C21H26FN3O/c1-24(14-17-8-10-19(22)11-9-17)16-21(26)23-20-7-3-2-6-18(20)15-25-12-4-5-13-25/h2-3,6-11H,4-5,12-16H2,1H3,(H,23,26). The van der Waals surface area contributed by atoms with Crippen molar-refractivity contribution >= 4 is 11.6 Å². The van der Waals surface area contributed by atoms with E-state index in [4.69, 9.17) is 0 Å². The van der Waals surface area contributed by atoms with Gasteiger partial charge in [0.05, 0.1) is 6.54 Å². The Hall–Kier alpha value is -2.24.